The molecule has 0 unspecified atom stereocenters. The van der Waals surface area contributed by atoms with Gasteiger partial charge in [0, 0.05) is 17.2 Å². The van der Waals surface area contributed by atoms with E-state index in [0.29, 0.717) is 48.5 Å². The fraction of sp³-hybridized carbons (Fsp3) is 0.400. The highest BCUT2D eigenvalue weighted by Crippen LogP contribution is 2.45. The summed E-state index contributed by atoms with van der Waals surface area (Å²) in [6.07, 6.45) is 1.17. The molecule has 0 radical (unpaired) electrons. The fourth-order valence-corrected chi connectivity index (χ4v) is 3.91. The Kier molecular flexibility index (Phi) is 7.18. The number of aromatic hydroxyl groups is 2. The van der Waals surface area contributed by atoms with Crippen LogP contribution in [0.5, 0.6) is 28.7 Å². The van der Waals surface area contributed by atoms with Gasteiger partial charge in [-0.25, -0.2) is 0 Å². The molecule has 0 bridgehead atoms. The van der Waals surface area contributed by atoms with Gasteiger partial charge in [0.2, 0.25) is 11.2 Å². The summed E-state index contributed by atoms with van der Waals surface area (Å²) in [5, 5.41) is 20.5. The quantitative estimate of drug-likeness (QED) is 0.470. The molecule has 7 nitrogen and oxygen atoms in total. The molecule has 0 atom stereocenters. The fourth-order valence-electron chi connectivity index (χ4n) is 3.91. The summed E-state index contributed by atoms with van der Waals surface area (Å²) in [6.45, 7) is 10.5. The molecule has 7 heteroatoms. The molecule has 0 saturated heterocycles. The van der Waals surface area contributed by atoms with E-state index in [9.17, 15) is 15.0 Å². The molecule has 0 aliphatic rings. The van der Waals surface area contributed by atoms with Gasteiger partial charge in [0.15, 0.2) is 5.76 Å². The first-order valence-electron chi connectivity index (χ1n) is 11.0. The van der Waals surface area contributed by atoms with Crippen LogP contribution in [0.2, 0.25) is 0 Å². The van der Waals surface area contributed by atoms with Gasteiger partial charge >= 0.3 is 0 Å². The van der Waals surface area contributed by atoms with Crippen molar-refractivity contribution in [3.63, 3.8) is 0 Å². The lowest BCUT2D eigenvalue weighted by Gasteiger charge is -2.21. The van der Waals surface area contributed by atoms with Crippen LogP contribution < -0.4 is 19.6 Å². The van der Waals surface area contributed by atoms with E-state index in [0.717, 1.165) is 11.1 Å². The van der Waals surface area contributed by atoms with Crippen LogP contribution in [0.15, 0.2) is 27.4 Å². The minimum atomic E-state index is -0.383. The summed E-state index contributed by atoms with van der Waals surface area (Å²) in [6, 6.07) is 4.08. The molecule has 0 saturated carbocycles. The van der Waals surface area contributed by atoms with E-state index in [1.165, 1.54) is 18.2 Å². The Morgan fingerprint density at radius 2 is 1.41 bits per heavy atom. The molecule has 0 aliphatic heterocycles. The van der Waals surface area contributed by atoms with E-state index in [1.807, 2.05) is 27.7 Å². The maximum absolute atomic E-state index is 13.8. The van der Waals surface area contributed by atoms with Crippen molar-refractivity contribution >= 4 is 11.0 Å². The largest absolute Gasteiger partial charge is 0.508 e. The highest BCUT2D eigenvalue weighted by atomic mass is 16.5. The smallest absolute Gasteiger partial charge is 0.239 e. The molecule has 0 fully saturated rings. The Labute approximate surface area is 187 Å². The standard InChI is InChI=1S/C25H30O7/c1-6-15-21(29-8-3)16(7-2)23-19(22(15)30-9-4)20(28)25(31-10-5)24(32-23)17-12-11-14(26)13-18(17)27/h11-13,26-27H,6-10H2,1-5H3. The average Bonchev–Trinajstić information content (AvgIpc) is 2.76. The Balaban J connectivity index is 2.56. The SMILES string of the molecule is CCOc1c(CC)c(OCC)c2c(=O)c(OCC)c(-c3ccc(O)cc3O)oc2c1CC. The highest BCUT2D eigenvalue weighted by molar-refractivity contribution is 5.93. The van der Waals surface area contributed by atoms with Crippen LogP contribution in [0, 0.1) is 0 Å². The maximum Gasteiger partial charge on any atom is 0.239 e. The zero-order valence-corrected chi connectivity index (χ0v) is 19.2. The van der Waals surface area contributed by atoms with Gasteiger partial charge in [-0.3, -0.25) is 4.79 Å². The summed E-state index contributed by atoms with van der Waals surface area (Å²) >= 11 is 0. The number of benzene rings is 2. The Morgan fingerprint density at radius 1 is 0.812 bits per heavy atom. The third kappa shape index (κ3) is 3.95. The highest BCUT2D eigenvalue weighted by Gasteiger charge is 2.28. The number of ether oxygens (including phenoxy) is 3. The van der Waals surface area contributed by atoms with Gasteiger partial charge in [0.05, 0.1) is 25.4 Å². The summed E-state index contributed by atoms with van der Waals surface area (Å²) in [5.74, 6) is 0.822. The molecule has 32 heavy (non-hydrogen) atoms. The van der Waals surface area contributed by atoms with E-state index in [4.69, 9.17) is 18.6 Å². The molecular formula is C25H30O7. The zero-order valence-electron chi connectivity index (χ0n) is 19.2. The van der Waals surface area contributed by atoms with Gasteiger partial charge in [-0.2, -0.15) is 0 Å². The summed E-state index contributed by atoms with van der Waals surface area (Å²) in [4.78, 5) is 13.8. The van der Waals surface area contributed by atoms with E-state index < -0.39 is 0 Å². The van der Waals surface area contributed by atoms with Gasteiger partial charge < -0.3 is 28.8 Å². The molecule has 0 spiro atoms. The Morgan fingerprint density at radius 3 is 1.97 bits per heavy atom. The van der Waals surface area contributed by atoms with Crippen LogP contribution in [-0.4, -0.2) is 30.0 Å². The van der Waals surface area contributed by atoms with Crippen molar-refractivity contribution in [2.24, 2.45) is 0 Å². The molecule has 3 rings (SSSR count). The summed E-state index contributed by atoms with van der Waals surface area (Å²) < 4.78 is 23.9. The van der Waals surface area contributed by atoms with Crippen LogP contribution in [-0.2, 0) is 12.8 Å². The molecule has 3 aromatic rings. The molecule has 0 amide bonds. The van der Waals surface area contributed by atoms with Gasteiger partial charge in [-0.15, -0.1) is 0 Å². The van der Waals surface area contributed by atoms with Crippen LogP contribution in [0.4, 0.5) is 0 Å². The lowest BCUT2D eigenvalue weighted by Crippen LogP contribution is -2.14. The lowest BCUT2D eigenvalue weighted by molar-refractivity contribution is 0.314. The number of phenolic OH excluding ortho intramolecular Hbond substituents is 2. The number of phenols is 2. The Bertz CT molecular complexity index is 1180. The number of fused-ring (bicyclic) bond motifs is 1. The van der Waals surface area contributed by atoms with Crippen molar-refractivity contribution < 1.29 is 28.8 Å². The van der Waals surface area contributed by atoms with Crippen molar-refractivity contribution in [3.8, 4) is 40.1 Å². The predicted molar refractivity (Wildman–Crippen MR) is 124 cm³/mol. The monoisotopic (exact) mass is 442 g/mol. The zero-order chi connectivity index (χ0) is 23.4. The molecule has 1 aromatic heterocycles. The number of rotatable bonds is 9. The minimum Gasteiger partial charge on any atom is -0.508 e. The maximum atomic E-state index is 13.8. The van der Waals surface area contributed by atoms with Crippen LogP contribution in [0.1, 0.15) is 45.7 Å². The lowest BCUT2D eigenvalue weighted by atomic mass is 9.97. The molecule has 2 N–H and O–H groups in total. The van der Waals surface area contributed by atoms with E-state index in [1.54, 1.807) is 6.92 Å². The van der Waals surface area contributed by atoms with Crippen molar-refractivity contribution in [2.75, 3.05) is 19.8 Å². The molecule has 172 valence electrons. The van der Waals surface area contributed by atoms with Crippen LogP contribution in [0.25, 0.3) is 22.3 Å². The second-order valence-electron chi connectivity index (χ2n) is 7.12. The van der Waals surface area contributed by atoms with Gasteiger partial charge in [-0.05, 0) is 45.7 Å². The van der Waals surface area contributed by atoms with E-state index >= 15 is 0 Å². The minimum absolute atomic E-state index is 0.0183. The number of aryl methyl sites for hydroxylation is 1. The second kappa shape index (κ2) is 9.85. The van der Waals surface area contributed by atoms with Gasteiger partial charge in [-0.1, -0.05) is 13.8 Å². The van der Waals surface area contributed by atoms with Gasteiger partial charge in [0.25, 0.3) is 0 Å². The normalized spacial score (nSPS) is 11.0. The topological polar surface area (TPSA) is 98.4 Å². The van der Waals surface area contributed by atoms with Gasteiger partial charge in [0.1, 0.15) is 34.0 Å². The number of hydrogen-bond acceptors (Lipinski definition) is 7. The first-order valence-corrected chi connectivity index (χ1v) is 11.0. The average molecular weight is 443 g/mol. The summed E-state index contributed by atoms with van der Waals surface area (Å²) in [7, 11) is 0. The Hall–Kier alpha value is -3.35. The summed E-state index contributed by atoms with van der Waals surface area (Å²) in [5.41, 5.74) is 1.76. The van der Waals surface area contributed by atoms with Crippen molar-refractivity contribution in [2.45, 2.75) is 47.5 Å². The van der Waals surface area contributed by atoms with Crippen LogP contribution >= 0.6 is 0 Å². The first-order chi connectivity index (χ1) is 15.4. The second-order valence-corrected chi connectivity index (χ2v) is 7.12. The van der Waals surface area contributed by atoms with Crippen LogP contribution in [0.3, 0.4) is 0 Å². The molecule has 0 aliphatic carbocycles. The first kappa shape index (κ1) is 23.3. The third-order valence-electron chi connectivity index (χ3n) is 5.19. The predicted octanol–water partition coefficient (Wildman–Crippen LogP) is 5.19. The van der Waals surface area contributed by atoms with E-state index in [2.05, 4.69) is 0 Å². The third-order valence-corrected chi connectivity index (χ3v) is 5.19. The van der Waals surface area contributed by atoms with E-state index in [-0.39, 0.29) is 40.6 Å². The molecular weight excluding hydrogens is 412 g/mol. The van der Waals surface area contributed by atoms with Crippen molar-refractivity contribution in [1.82, 2.24) is 0 Å². The number of hydrogen-bond donors (Lipinski definition) is 2. The van der Waals surface area contributed by atoms with Crippen molar-refractivity contribution in [3.05, 3.63) is 39.5 Å². The van der Waals surface area contributed by atoms with Crippen molar-refractivity contribution in [1.29, 1.82) is 0 Å². The molecule has 1 heterocycles. The molecule has 2 aromatic carbocycles.